The van der Waals surface area contributed by atoms with Crippen molar-refractivity contribution in [2.24, 2.45) is 0 Å². The molecule has 1 aromatic heterocycles. The monoisotopic (exact) mass is 322 g/mol. The molecule has 1 saturated heterocycles. The Balaban J connectivity index is 1.89. The van der Waals surface area contributed by atoms with Crippen molar-refractivity contribution in [3.8, 4) is 0 Å². The van der Waals surface area contributed by atoms with Crippen molar-refractivity contribution in [1.82, 2.24) is 14.8 Å². The molecule has 0 saturated carbocycles. The highest BCUT2D eigenvalue weighted by molar-refractivity contribution is 7.13. The fourth-order valence-electron chi connectivity index (χ4n) is 2.22. The van der Waals surface area contributed by atoms with Crippen LogP contribution in [0.4, 0.5) is 23.1 Å². The lowest BCUT2D eigenvalue weighted by Crippen LogP contribution is -2.46. The van der Waals surface area contributed by atoms with Crippen molar-refractivity contribution in [3.63, 3.8) is 0 Å². The highest BCUT2D eigenvalue weighted by Gasteiger charge is 2.34. The van der Waals surface area contributed by atoms with E-state index in [-0.39, 0.29) is 5.13 Å². The van der Waals surface area contributed by atoms with E-state index in [4.69, 9.17) is 0 Å². The summed E-state index contributed by atoms with van der Waals surface area (Å²) in [5.41, 5.74) is -0.978. The van der Waals surface area contributed by atoms with Crippen molar-refractivity contribution >= 4 is 22.5 Å². The van der Waals surface area contributed by atoms with Gasteiger partial charge in [-0.3, -0.25) is 5.32 Å². The van der Waals surface area contributed by atoms with Gasteiger partial charge in [0.15, 0.2) is 10.8 Å². The quantitative estimate of drug-likeness (QED) is 0.911. The summed E-state index contributed by atoms with van der Waals surface area (Å²) in [6, 6.07) is 0.0426. The van der Waals surface area contributed by atoms with Crippen LogP contribution in [0.5, 0.6) is 0 Å². The number of anilines is 1. The average molecular weight is 322 g/mol. The lowest BCUT2D eigenvalue weighted by molar-refractivity contribution is -0.140. The molecule has 2 amide bonds. The molecule has 0 radical (unpaired) electrons. The van der Waals surface area contributed by atoms with Crippen LogP contribution >= 0.6 is 11.3 Å². The first-order chi connectivity index (χ1) is 9.77. The van der Waals surface area contributed by atoms with Gasteiger partial charge in [-0.25, -0.2) is 9.78 Å². The molecule has 1 aliphatic heterocycles. The fourth-order valence-corrected chi connectivity index (χ4v) is 2.92. The molecule has 0 unspecified atom stereocenters. The number of nitrogens with zero attached hydrogens (tertiary/aromatic N) is 3. The maximum atomic E-state index is 12.4. The summed E-state index contributed by atoms with van der Waals surface area (Å²) in [6.07, 6.45) is -2.78. The number of carbonyl (C=O) groups excluding carboxylic acids is 1. The predicted octanol–water partition coefficient (Wildman–Crippen LogP) is 2.72. The number of nitrogens with one attached hydrogen (secondary N) is 1. The standard InChI is InChI=1S/C12H17F3N4OS/c1-18(2)8-3-5-19(6-4-8)11(20)17-10-16-9(7-21-10)12(13,14)15/h7-8H,3-6H2,1-2H3,(H,16,17,20). The number of urea groups is 1. The van der Waals surface area contributed by atoms with Gasteiger partial charge in [0.05, 0.1) is 0 Å². The van der Waals surface area contributed by atoms with Crippen molar-refractivity contribution in [2.45, 2.75) is 25.1 Å². The molecule has 1 aliphatic rings. The second-order valence-corrected chi connectivity index (χ2v) is 6.01. The molecule has 0 bridgehead atoms. The number of hydrogen-bond acceptors (Lipinski definition) is 4. The van der Waals surface area contributed by atoms with E-state index in [2.05, 4.69) is 15.2 Å². The number of halogens is 3. The maximum absolute atomic E-state index is 12.4. The van der Waals surface area contributed by atoms with Crippen molar-refractivity contribution < 1.29 is 18.0 Å². The van der Waals surface area contributed by atoms with E-state index in [1.807, 2.05) is 14.1 Å². The number of thiazole rings is 1. The Morgan fingerprint density at radius 1 is 1.43 bits per heavy atom. The van der Waals surface area contributed by atoms with Gasteiger partial charge in [0.25, 0.3) is 0 Å². The first kappa shape index (κ1) is 16.0. The smallest absolute Gasteiger partial charge is 0.324 e. The van der Waals surface area contributed by atoms with Gasteiger partial charge in [-0.1, -0.05) is 0 Å². The third-order valence-corrected chi connectivity index (χ3v) is 4.25. The van der Waals surface area contributed by atoms with E-state index in [1.54, 1.807) is 4.90 Å². The van der Waals surface area contributed by atoms with E-state index in [0.717, 1.165) is 29.6 Å². The summed E-state index contributed by atoms with van der Waals surface area (Å²) in [5, 5.41) is 3.30. The number of alkyl halides is 3. The van der Waals surface area contributed by atoms with Gasteiger partial charge in [-0.15, -0.1) is 11.3 Å². The summed E-state index contributed by atoms with van der Waals surface area (Å²) in [6.45, 7) is 1.18. The minimum absolute atomic E-state index is 0.0259. The number of rotatable bonds is 2. The second-order valence-electron chi connectivity index (χ2n) is 5.15. The molecule has 2 rings (SSSR count). The minimum atomic E-state index is -4.48. The van der Waals surface area contributed by atoms with Gasteiger partial charge in [0, 0.05) is 24.5 Å². The molecule has 0 aromatic carbocycles. The average Bonchev–Trinajstić information content (AvgIpc) is 2.87. The Hall–Kier alpha value is -1.35. The summed E-state index contributed by atoms with van der Waals surface area (Å²) in [7, 11) is 3.99. The highest BCUT2D eigenvalue weighted by Crippen LogP contribution is 2.31. The molecule has 9 heteroatoms. The topological polar surface area (TPSA) is 48.5 Å². The van der Waals surface area contributed by atoms with Gasteiger partial charge in [-0.2, -0.15) is 13.2 Å². The van der Waals surface area contributed by atoms with Gasteiger partial charge >= 0.3 is 12.2 Å². The van der Waals surface area contributed by atoms with Gasteiger partial charge in [0.2, 0.25) is 0 Å². The molecule has 0 aliphatic carbocycles. The Labute approximate surface area is 124 Å². The van der Waals surface area contributed by atoms with E-state index in [0.29, 0.717) is 19.1 Å². The normalized spacial score (nSPS) is 17.3. The minimum Gasteiger partial charge on any atom is -0.324 e. The molecule has 1 aromatic rings. The van der Waals surface area contributed by atoms with E-state index >= 15 is 0 Å². The molecule has 0 atom stereocenters. The zero-order valence-electron chi connectivity index (χ0n) is 11.8. The van der Waals surface area contributed by atoms with E-state index < -0.39 is 17.9 Å². The molecule has 21 heavy (non-hydrogen) atoms. The van der Waals surface area contributed by atoms with Crippen LogP contribution in [0.25, 0.3) is 0 Å². The summed E-state index contributed by atoms with van der Waals surface area (Å²) in [4.78, 5) is 19.1. The Bertz CT molecular complexity index is 495. The van der Waals surface area contributed by atoms with E-state index in [9.17, 15) is 18.0 Å². The van der Waals surface area contributed by atoms with Crippen molar-refractivity contribution in [3.05, 3.63) is 11.1 Å². The van der Waals surface area contributed by atoms with Crippen LogP contribution in [0.15, 0.2) is 5.38 Å². The van der Waals surface area contributed by atoms with Gasteiger partial charge in [0.1, 0.15) is 0 Å². The van der Waals surface area contributed by atoms with Crippen LogP contribution in [-0.2, 0) is 6.18 Å². The molecule has 1 fully saturated rings. The van der Waals surface area contributed by atoms with Crippen molar-refractivity contribution in [2.75, 3.05) is 32.5 Å². The number of carbonyl (C=O) groups is 1. The highest BCUT2D eigenvalue weighted by atomic mass is 32.1. The Morgan fingerprint density at radius 3 is 2.52 bits per heavy atom. The summed E-state index contributed by atoms with van der Waals surface area (Å²) in [5.74, 6) is 0. The van der Waals surface area contributed by atoms with Gasteiger partial charge < -0.3 is 9.80 Å². The molecule has 1 N–H and O–H groups in total. The third-order valence-electron chi connectivity index (χ3n) is 3.49. The van der Waals surface area contributed by atoms with E-state index in [1.165, 1.54) is 0 Å². The van der Waals surface area contributed by atoms with Crippen LogP contribution in [0, 0.1) is 0 Å². The molecule has 0 spiro atoms. The van der Waals surface area contributed by atoms with Crippen LogP contribution in [-0.4, -0.2) is 54.0 Å². The number of likely N-dealkylation sites (tertiary alicyclic amines) is 1. The molecular formula is C12H17F3N4OS. The van der Waals surface area contributed by atoms with Crippen molar-refractivity contribution in [1.29, 1.82) is 0 Å². The number of amides is 2. The first-order valence-corrected chi connectivity index (χ1v) is 7.40. The summed E-state index contributed by atoms with van der Waals surface area (Å²) >= 11 is 0.776. The molecule has 118 valence electrons. The molecular weight excluding hydrogens is 305 g/mol. The Morgan fingerprint density at radius 2 is 2.05 bits per heavy atom. The lowest BCUT2D eigenvalue weighted by Gasteiger charge is -2.34. The first-order valence-electron chi connectivity index (χ1n) is 6.52. The lowest BCUT2D eigenvalue weighted by atomic mass is 10.0. The number of aromatic nitrogens is 1. The van der Waals surface area contributed by atoms with Crippen LogP contribution in [0.3, 0.4) is 0 Å². The zero-order valence-corrected chi connectivity index (χ0v) is 12.6. The van der Waals surface area contributed by atoms with Crippen LogP contribution in [0.2, 0.25) is 0 Å². The Kier molecular flexibility index (Phi) is 4.72. The number of piperidine rings is 1. The largest absolute Gasteiger partial charge is 0.434 e. The predicted molar refractivity (Wildman–Crippen MR) is 74.4 cm³/mol. The second kappa shape index (κ2) is 6.18. The zero-order chi connectivity index (χ0) is 15.6. The van der Waals surface area contributed by atoms with Crippen LogP contribution in [0.1, 0.15) is 18.5 Å². The maximum Gasteiger partial charge on any atom is 0.434 e. The fraction of sp³-hybridized carbons (Fsp3) is 0.667. The summed E-state index contributed by atoms with van der Waals surface area (Å²) < 4.78 is 37.3. The molecule has 5 nitrogen and oxygen atoms in total. The van der Waals surface area contributed by atoms with Gasteiger partial charge in [-0.05, 0) is 26.9 Å². The van der Waals surface area contributed by atoms with Crippen LogP contribution < -0.4 is 5.32 Å². The third kappa shape index (κ3) is 4.07. The number of hydrogen-bond donors (Lipinski definition) is 1. The SMILES string of the molecule is CN(C)C1CCN(C(=O)Nc2nc(C(F)(F)F)cs2)CC1. The molecule has 2 heterocycles.